The summed E-state index contributed by atoms with van der Waals surface area (Å²) in [5.74, 6) is 0.648. The number of hydrogen-bond acceptors (Lipinski definition) is 7. The van der Waals surface area contributed by atoms with Crippen LogP contribution in [0.1, 0.15) is 43.8 Å². The lowest BCUT2D eigenvalue weighted by Crippen LogP contribution is -2.42. The second kappa shape index (κ2) is 12.2. The van der Waals surface area contributed by atoms with Crippen molar-refractivity contribution in [2.45, 2.75) is 43.3 Å². The number of thioether (sulfide) groups is 1. The van der Waals surface area contributed by atoms with Crippen molar-refractivity contribution >= 4 is 40.2 Å². The van der Waals surface area contributed by atoms with Gasteiger partial charge in [0.15, 0.2) is 0 Å². The van der Waals surface area contributed by atoms with E-state index < -0.39 is 17.6 Å². The van der Waals surface area contributed by atoms with E-state index in [2.05, 4.69) is 19.9 Å². The third-order valence-electron chi connectivity index (χ3n) is 6.95. The van der Waals surface area contributed by atoms with Gasteiger partial charge in [0.2, 0.25) is 0 Å². The van der Waals surface area contributed by atoms with Crippen molar-refractivity contribution < 1.29 is 19.0 Å². The molecule has 10 heteroatoms. The van der Waals surface area contributed by atoms with E-state index in [0.717, 1.165) is 43.3 Å². The molecular formula is C26H30ClFN4O3S. The van der Waals surface area contributed by atoms with Crippen molar-refractivity contribution in [1.29, 1.82) is 0 Å². The van der Waals surface area contributed by atoms with Crippen LogP contribution in [-0.4, -0.2) is 63.4 Å². The Bertz CT molecular complexity index is 1180. The number of carboxylic acid groups (broad SMARTS) is 1. The molecule has 1 atom stereocenters. The van der Waals surface area contributed by atoms with Gasteiger partial charge in [-0.2, -0.15) is 0 Å². The van der Waals surface area contributed by atoms with Gasteiger partial charge in [0.1, 0.15) is 16.9 Å². The lowest BCUT2D eigenvalue weighted by atomic mass is 9.71. The van der Waals surface area contributed by atoms with E-state index in [0.29, 0.717) is 28.6 Å². The minimum Gasteiger partial charge on any atom is -0.497 e. The molecule has 0 amide bonds. The van der Waals surface area contributed by atoms with Gasteiger partial charge in [0, 0.05) is 41.8 Å². The fourth-order valence-corrected chi connectivity index (χ4v) is 6.02. The predicted molar refractivity (Wildman–Crippen MR) is 140 cm³/mol. The summed E-state index contributed by atoms with van der Waals surface area (Å²) >= 11 is 8.05. The number of fused-ring (bicyclic) bond motifs is 1. The van der Waals surface area contributed by atoms with Gasteiger partial charge in [-0.25, -0.2) is 9.37 Å². The van der Waals surface area contributed by atoms with Crippen LogP contribution in [0.2, 0.25) is 5.02 Å². The Labute approximate surface area is 219 Å². The topological polar surface area (TPSA) is 88.4 Å². The van der Waals surface area contributed by atoms with Gasteiger partial charge in [0.25, 0.3) is 0 Å². The normalized spacial score (nSPS) is 16.6. The molecular weight excluding hydrogens is 503 g/mol. The highest BCUT2D eigenvalue weighted by Crippen LogP contribution is 2.44. The average Bonchev–Trinajstić information content (AvgIpc) is 2.88. The van der Waals surface area contributed by atoms with E-state index in [-0.39, 0.29) is 17.9 Å². The maximum absolute atomic E-state index is 15.7. The molecule has 1 saturated heterocycles. The number of ether oxygens (including phenoxy) is 1. The Morgan fingerprint density at radius 1 is 1.28 bits per heavy atom. The highest BCUT2D eigenvalue weighted by Gasteiger charge is 2.37. The first kappa shape index (κ1) is 26.6. The Balaban J connectivity index is 1.39. The number of carboxylic acids is 1. The van der Waals surface area contributed by atoms with Crippen molar-refractivity contribution in [3.05, 3.63) is 53.6 Å². The van der Waals surface area contributed by atoms with Crippen LogP contribution in [0.5, 0.6) is 5.75 Å². The summed E-state index contributed by atoms with van der Waals surface area (Å²) in [5, 5.41) is 11.4. The van der Waals surface area contributed by atoms with Crippen molar-refractivity contribution in [3.8, 4) is 5.75 Å². The Morgan fingerprint density at radius 2 is 2.08 bits per heavy atom. The fraction of sp³-hybridized carbons (Fsp3) is 0.462. The Kier molecular flexibility index (Phi) is 8.98. The molecule has 0 spiro atoms. The summed E-state index contributed by atoms with van der Waals surface area (Å²) < 4.78 is 21.0. The molecule has 1 N–H and O–H groups in total. The Hall–Kier alpha value is -2.49. The number of hydrogen-bond donors (Lipinski definition) is 1. The number of alkyl halides is 1. The molecule has 192 valence electrons. The quantitative estimate of drug-likeness (QED) is 0.309. The van der Waals surface area contributed by atoms with Crippen molar-refractivity contribution in [2.75, 3.05) is 32.5 Å². The second-order valence-electron chi connectivity index (χ2n) is 9.21. The fourth-order valence-electron chi connectivity index (χ4n) is 4.92. The first-order valence-corrected chi connectivity index (χ1v) is 13.3. The maximum atomic E-state index is 15.7. The van der Waals surface area contributed by atoms with Gasteiger partial charge < -0.3 is 14.7 Å². The van der Waals surface area contributed by atoms with E-state index in [9.17, 15) is 9.90 Å². The van der Waals surface area contributed by atoms with Crippen LogP contribution in [0.4, 0.5) is 4.39 Å². The minimum atomic E-state index is -1.33. The SMILES string of the molecule is COc1ccc2ncc(Cl)c([C@@H](F)CCC3(CC(=O)O)CCN(CCSc4cnccn4)CC3)c2c1. The number of methoxy groups -OCH3 is 1. The molecule has 1 aromatic carbocycles. The van der Waals surface area contributed by atoms with Crippen molar-refractivity contribution in [1.82, 2.24) is 19.9 Å². The minimum absolute atomic E-state index is 0.0422. The first-order valence-electron chi connectivity index (χ1n) is 12.0. The van der Waals surface area contributed by atoms with Crippen LogP contribution in [0.3, 0.4) is 0 Å². The molecule has 2 aromatic heterocycles. The second-order valence-corrected chi connectivity index (χ2v) is 10.7. The van der Waals surface area contributed by atoms with Gasteiger partial charge in [-0.05, 0) is 62.4 Å². The van der Waals surface area contributed by atoms with Crippen molar-refractivity contribution in [3.63, 3.8) is 0 Å². The zero-order valence-corrected chi connectivity index (χ0v) is 21.8. The van der Waals surface area contributed by atoms with Crippen LogP contribution in [0, 0.1) is 5.41 Å². The predicted octanol–water partition coefficient (Wildman–Crippen LogP) is 5.83. The molecule has 0 radical (unpaired) electrons. The summed E-state index contributed by atoms with van der Waals surface area (Å²) in [7, 11) is 1.56. The first-order chi connectivity index (χ1) is 17.4. The molecule has 0 bridgehead atoms. The van der Waals surface area contributed by atoms with Crippen LogP contribution < -0.4 is 4.74 Å². The standard InChI is InChI=1S/C26H30ClFN4O3S/c1-35-18-2-3-22-19(14-18)25(20(27)16-31-22)21(28)4-5-26(15-24(33)34)6-10-32(11-7-26)12-13-36-23-17-29-8-9-30-23/h2-3,8-9,14,16-17,21H,4-7,10-13,15H2,1H3,(H,33,34)/t21-/m0/s1. The van der Waals surface area contributed by atoms with Crippen LogP contribution in [0.15, 0.2) is 48.0 Å². The summed E-state index contributed by atoms with van der Waals surface area (Å²) in [6.45, 7) is 2.47. The number of piperidine rings is 1. The monoisotopic (exact) mass is 532 g/mol. The molecule has 0 unspecified atom stereocenters. The zero-order valence-electron chi connectivity index (χ0n) is 20.2. The highest BCUT2D eigenvalue weighted by atomic mass is 35.5. The number of halogens is 2. The Morgan fingerprint density at radius 3 is 2.78 bits per heavy atom. The highest BCUT2D eigenvalue weighted by molar-refractivity contribution is 7.99. The molecule has 1 fully saturated rings. The zero-order chi connectivity index (χ0) is 25.5. The van der Waals surface area contributed by atoms with Gasteiger partial charge in [-0.1, -0.05) is 11.6 Å². The number of nitrogens with zero attached hydrogens (tertiary/aromatic N) is 4. The number of rotatable bonds is 11. The van der Waals surface area contributed by atoms with E-state index in [1.807, 2.05) is 0 Å². The van der Waals surface area contributed by atoms with Crippen molar-refractivity contribution in [2.24, 2.45) is 5.41 Å². The molecule has 0 aliphatic carbocycles. The third-order valence-corrected chi connectivity index (χ3v) is 8.14. The summed E-state index contributed by atoms with van der Waals surface area (Å²) in [4.78, 5) is 26.7. The number of aliphatic carboxylic acids is 1. The van der Waals surface area contributed by atoms with E-state index in [4.69, 9.17) is 16.3 Å². The molecule has 3 heterocycles. The third kappa shape index (κ3) is 6.63. The number of benzene rings is 1. The van der Waals surface area contributed by atoms with Crippen LogP contribution >= 0.6 is 23.4 Å². The lowest BCUT2D eigenvalue weighted by molar-refractivity contribution is -0.141. The molecule has 7 nitrogen and oxygen atoms in total. The lowest BCUT2D eigenvalue weighted by Gasteiger charge is -2.41. The van der Waals surface area contributed by atoms with E-state index >= 15 is 4.39 Å². The number of likely N-dealkylation sites (tertiary alicyclic amines) is 1. The number of aromatic nitrogens is 3. The van der Waals surface area contributed by atoms with Gasteiger partial charge >= 0.3 is 5.97 Å². The molecule has 4 rings (SSSR count). The molecule has 1 aliphatic rings. The van der Waals surface area contributed by atoms with Crippen LogP contribution in [0.25, 0.3) is 10.9 Å². The largest absolute Gasteiger partial charge is 0.497 e. The average molecular weight is 533 g/mol. The van der Waals surface area contributed by atoms with Gasteiger partial charge in [0.05, 0.1) is 30.3 Å². The van der Waals surface area contributed by atoms with Crippen LogP contribution in [-0.2, 0) is 4.79 Å². The van der Waals surface area contributed by atoms with E-state index in [1.165, 1.54) is 6.20 Å². The molecule has 36 heavy (non-hydrogen) atoms. The summed E-state index contributed by atoms with van der Waals surface area (Å²) in [6.07, 6.45) is 7.40. The smallest absolute Gasteiger partial charge is 0.303 e. The number of carbonyl (C=O) groups is 1. The molecule has 3 aromatic rings. The maximum Gasteiger partial charge on any atom is 0.303 e. The van der Waals surface area contributed by atoms with E-state index in [1.54, 1.807) is 55.7 Å². The van der Waals surface area contributed by atoms with Gasteiger partial charge in [-0.3, -0.25) is 14.8 Å². The molecule has 0 saturated carbocycles. The summed E-state index contributed by atoms with van der Waals surface area (Å²) in [6, 6.07) is 5.31. The number of pyridine rings is 1. The molecule has 1 aliphatic heterocycles. The van der Waals surface area contributed by atoms with Gasteiger partial charge in [-0.15, -0.1) is 11.8 Å². The summed E-state index contributed by atoms with van der Waals surface area (Å²) in [5.41, 5.74) is 0.604.